The number of nitrogens with one attached hydrogen (secondary N) is 2. The van der Waals surface area contributed by atoms with Crippen LogP contribution in [0.25, 0.3) is 10.9 Å². The van der Waals surface area contributed by atoms with Gasteiger partial charge in [-0.1, -0.05) is 36.4 Å². The number of rotatable bonds is 5. The Hall–Kier alpha value is -3.08. The van der Waals surface area contributed by atoms with E-state index in [0.29, 0.717) is 6.04 Å². The Bertz CT molecular complexity index is 979. The minimum absolute atomic E-state index is 0.0221. The normalized spacial score (nSPS) is 19.0. The molecule has 3 aromatic rings. The van der Waals surface area contributed by atoms with Crippen molar-refractivity contribution in [3.8, 4) is 0 Å². The molecule has 4 rings (SSSR count). The van der Waals surface area contributed by atoms with Crippen LogP contribution in [0.5, 0.6) is 0 Å². The summed E-state index contributed by atoms with van der Waals surface area (Å²) >= 11 is 0. The van der Waals surface area contributed by atoms with Crippen molar-refractivity contribution in [1.29, 1.82) is 0 Å². The summed E-state index contributed by atoms with van der Waals surface area (Å²) in [6.45, 7) is 0. The minimum Gasteiger partial charge on any atom is -0.377 e. The van der Waals surface area contributed by atoms with Crippen LogP contribution in [0.4, 0.5) is 11.5 Å². The summed E-state index contributed by atoms with van der Waals surface area (Å²) in [5.41, 5.74) is 2.90. The summed E-state index contributed by atoms with van der Waals surface area (Å²) < 4.78 is 0. The number of benzene rings is 2. The maximum Gasteiger partial charge on any atom is 0.251 e. The average molecular weight is 389 g/mol. The molecule has 0 bridgehead atoms. The van der Waals surface area contributed by atoms with E-state index in [1.165, 1.54) is 5.69 Å². The minimum atomic E-state index is 0.0221. The van der Waals surface area contributed by atoms with Crippen molar-refractivity contribution in [3.63, 3.8) is 0 Å². The Kier molecular flexibility index (Phi) is 5.65. The second kappa shape index (κ2) is 8.52. The number of hydrogen-bond acceptors (Lipinski definition) is 4. The van der Waals surface area contributed by atoms with Crippen LogP contribution in [-0.2, 0) is 0 Å². The molecular formula is C24H28N4O. The van der Waals surface area contributed by atoms with Crippen LogP contribution < -0.4 is 15.5 Å². The molecule has 0 spiro atoms. The number of fused-ring (bicyclic) bond motifs is 1. The second-order valence-electron chi connectivity index (χ2n) is 7.97. The summed E-state index contributed by atoms with van der Waals surface area (Å²) in [6.07, 6.45) is 3.99. The SMILES string of the molecule is CN(C)c1cc(NC2CCC(NC(=O)c3ccccc3)CC2)nc2ccccc12. The molecule has 0 aliphatic heterocycles. The smallest absolute Gasteiger partial charge is 0.251 e. The van der Waals surface area contributed by atoms with E-state index in [0.717, 1.165) is 48.0 Å². The van der Waals surface area contributed by atoms with Crippen molar-refractivity contribution in [2.75, 3.05) is 24.3 Å². The third kappa shape index (κ3) is 4.50. The number of hydrogen-bond donors (Lipinski definition) is 2. The van der Waals surface area contributed by atoms with Crippen molar-refractivity contribution in [3.05, 3.63) is 66.2 Å². The Morgan fingerprint density at radius 3 is 2.31 bits per heavy atom. The summed E-state index contributed by atoms with van der Waals surface area (Å²) in [7, 11) is 4.12. The van der Waals surface area contributed by atoms with Gasteiger partial charge in [-0.3, -0.25) is 4.79 Å². The second-order valence-corrected chi connectivity index (χ2v) is 7.97. The zero-order valence-corrected chi connectivity index (χ0v) is 17.1. The lowest BCUT2D eigenvalue weighted by Gasteiger charge is -2.30. The highest BCUT2D eigenvalue weighted by molar-refractivity contribution is 5.94. The first-order chi connectivity index (χ1) is 14.1. The van der Waals surface area contributed by atoms with Gasteiger partial charge in [-0.05, 0) is 43.9 Å². The molecule has 150 valence electrons. The Morgan fingerprint density at radius 2 is 1.59 bits per heavy atom. The van der Waals surface area contributed by atoms with Crippen LogP contribution in [0.15, 0.2) is 60.7 Å². The third-order valence-corrected chi connectivity index (χ3v) is 5.63. The molecule has 1 fully saturated rings. The number of pyridine rings is 1. The van der Waals surface area contributed by atoms with Crippen LogP contribution in [-0.4, -0.2) is 37.1 Å². The Morgan fingerprint density at radius 1 is 0.931 bits per heavy atom. The van der Waals surface area contributed by atoms with Gasteiger partial charge in [-0.15, -0.1) is 0 Å². The molecule has 0 radical (unpaired) electrons. The predicted molar refractivity (Wildman–Crippen MR) is 120 cm³/mol. The Labute approximate surface area is 172 Å². The van der Waals surface area contributed by atoms with Crippen molar-refractivity contribution in [1.82, 2.24) is 10.3 Å². The van der Waals surface area contributed by atoms with Gasteiger partial charge in [0.25, 0.3) is 5.91 Å². The standard InChI is InChI=1S/C24H28N4O/c1-28(2)22-16-23(27-21-11-7-6-10-20(21)22)25-18-12-14-19(15-13-18)26-24(29)17-8-4-3-5-9-17/h3-11,16,18-19H,12-15H2,1-2H3,(H,25,27)(H,26,29). The number of aromatic nitrogens is 1. The quantitative estimate of drug-likeness (QED) is 0.678. The van der Waals surface area contributed by atoms with Gasteiger partial charge in [0, 0.05) is 48.9 Å². The largest absolute Gasteiger partial charge is 0.377 e. The van der Waals surface area contributed by atoms with E-state index in [1.54, 1.807) is 0 Å². The molecule has 0 saturated heterocycles. The van der Waals surface area contributed by atoms with E-state index in [2.05, 4.69) is 53.9 Å². The fourth-order valence-corrected chi connectivity index (χ4v) is 4.05. The number of nitrogens with zero attached hydrogens (tertiary/aromatic N) is 2. The maximum absolute atomic E-state index is 12.4. The van der Waals surface area contributed by atoms with Crippen LogP contribution in [0.3, 0.4) is 0 Å². The van der Waals surface area contributed by atoms with Gasteiger partial charge in [0.2, 0.25) is 0 Å². The monoisotopic (exact) mass is 388 g/mol. The first kappa shape index (κ1) is 19.2. The molecule has 0 atom stereocenters. The molecule has 2 aromatic carbocycles. The summed E-state index contributed by atoms with van der Waals surface area (Å²) in [5, 5.41) is 7.96. The van der Waals surface area contributed by atoms with E-state index in [-0.39, 0.29) is 11.9 Å². The predicted octanol–water partition coefficient (Wildman–Crippen LogP) is 4.45. The topological polar surface area (TPSA) is 57.3 Å². The van der Waals surface area contributed by atoms with Crippen molar-refractivity contribution < 1.29 is 4.79 Å². The van der Waals surface area contributed by atoms with Crippen molar-refractivity contribution >= 4 is 28.3 Å². The highest BCUT2D eigenvalue weighted by atomic mass is 16.1. The van der Waals surface area contributed by atoms with Gasteiger partial charge < -0.3 is 15.5 Å². The summed E-state index contributed by atoms with van der Waals surface area (Å²) in [4.78, 5) is 19.3. The molecule has 2 N–H and O–H groups in total. The van der Waals surface area contributed by atoms with E-state index in [1.807, 2.05) is 36.4 Å². The number of carbonyl (C=O) groups excluding carboxylic acids is 1. The van der Waals surface area contributed by atoms with E-state index >= 15 is 0 Å². The average Bonchev–Trinajstić information content (AvgIpc) is 2.75. The van der Waals surface area contributed by atoms with Crippen LogP contribution in [0.2, 0.25) is 0 Å². The van der Waals surface area contributed by atoms with Gasteiger partial charge in [0.05, 0.1) is 5.52 Å². The van der Waals surface area contributed by atoms with Gasteiger partial charge in [-0.25, -0.2) is 4.98 Å². The van der Waals surface area contributed by atoms with Gasteiger partial charge in [0.1, 0.15) is 5.82 Å². The van der Waals surface area contributed by atoms with Crippen LogP contribution in [0, 0.1) is 0 Å². The van der Waals surface area contributed by atoms with E-state index in [9.17, 15) is 4.79 Å². The van der Waals surface area contributed by atoms with Crippen molar-refractivity contribution in [2.45, 2.75) is 37.8 Å². The highest BCUT2D eigenvalue weighted by Gasteiger charge is 2.23. The zero-order chi connectivity index (χ0) is 20.2. The maximum atomic E-state index is 12.4. The van der Waals surface area contributed by atoms with Gasteiger partial charge >= 0.3 is 0 Å². The highest BCUT2D eigenvalue weighted by Crippen LogP contribution is 2.29. The number of anilines is 2. The third-order valence-electron chi connectivity index (χ3n) is 5.63. The molecular weight excluding hydrogens is 360 g/mol. The van der Waals surface area contributed by atoms with E-state index in [4.69, 9.17) is 4.98 Å². The molecule has 29 heavy (non-hydrogen) atoms. The molecule has 1 heterocycles. The molecule has 0 unspecified atom stereocenters. The lowest BCUT2D eigenvalue weighted by molar-refractivity contribution is 0.0926. The Balaban J connectivity index is 1.38. The van der Waals surface area contributed by atoms with Crippen LogP contribution in [0.1, 0.15) is 36.0 Å². The molecule has 5 heteroatoms. The number of para-hydroxylation sites is 1. The zero-order valence-electron chi connectivity index (χ0n) is 17.1. The molecule has 1 aromatic heterocycles. The molecule has 1 aliphatic rings. The van der Waals surface area contributed by atoms with E-state index < -0.39 is 0 Å². The molecule has 1 aliphatic carbocycles. The summed E-state index contributed by atoms with van der Waals surface area (Å²) in [5.74, 6) is 0.943. The number of carbonyl (C=O) groups is 1. The fraction of sp³-hybridized carbons (Fsp3) is 0.333. The molecule has 5 nitrogen and oxygen atoms in total. The first-order valence-corrected chi connectivity index (χ1v) is 10.3. The molecule has 1 amide bonds. The van der Waals surface area contributed by atoms with Crippen molar-refractivity contribution in [2.24, 2.45) is 0 Å². The summed E-state index contributed by atoms with van der Waals surface area (Å²) in [6, 6.07) is 20.4. The van der Waals surface area contributed by atoms with Gasteiger partial charge in [0.15, 0.2) is 0 Å². The van der Waals surface area contributed by atoms with Crippen LogP contribution >= 0.6 is 0 Å². The molecule has 1 saturated carbocycles. The fourth-order valence-electron chi connectivity index (χ4n) is 4.05. The first-order valence-electron chi connectivity index (χ1n) is 10.3. The van der Waals surface area contributed by atoms with Gasteiger partial charge in [-0.2, -0.15) is 0 Å². The lowest BCUT2D eigenvalue weighted by Crippen LogP contribution is -2.40. The lowest BCUT2D eigenvalue weighted by atomic mass is 9.91. The number of amides is 1.